The lowest BCUT2D eigenvalue weighted by molar-refractivity contribution is 0.774. The van der Waals surface area contributed by atoms with Crippen molar-refractivity contribution in [3.63, 3.8) is 0 Å². The zero-order chi connectivity index (χ0) is 21.5. The quantitative estimate of drug-likeness (QED) is 0.428. The van der Waals surface area contributed by atoms with Gasteiger partial charge in [0.15, 0.2) is 17.0 Å². The lowest BCUT2D eigenvalue weighted by Crippen LogP contribution is -2.25. The lowest BCUT2D eigenvalue weighted by atomic mass is 10.1. The van der Waals surface area contributed by atoms with E-state index in [1.807, 2.05) is 62.4 Å². The number of H-pyrrole nitrogens is 1. The summed E-state index contributed by atoms with van der Waals surface area (Å²) >= 11 is 6.39. The number of fused-ring (bicyclic) bond motifs is 2. The third-order valence-corrected chi connectivity index (χ3v) is 5.55. The molecule has 0 saturated heterocycles. The van der Waals surface area contributed by atoms with Crippen LogP contribution in [0.5, 0.6) is 0 Å². The molecule has 7 nitrogen and oxygen atoms in total. The minimum absolute atomic E-state index is 0.165. The summed E-state index contributed by atoms with van der Waals surface area (Å²) in [6.45, 7) is 3.85. The first-order chi connectivity index (χ1) is 15.0. The van der Waals surface area contributed by atoms with Gasteiger partial charge in [-0.25, -0.2) is 15.0 Å². The molecule has 3 aromatic heterocycles. The van der Waals surface area contributed by atoms with Crippen LogP contribution in [0.1, 0.15) is 24.5 Å². The zero-order valence-corrected chi connectivity index (χ0v) is 17.7. The maximum Gasteiger partial charge on any atom is 0.264 e. The molecule has 8 heteroatoms. The third kappa shape index (κ3) is 3.33. The summed E-state index contributed by atoms with van der Waals surface area (Å²) in [5.41, 5.74) is 2.70. The highest BCUT2D eigenvalue weighted by atomic mass is 35.5. The Labute approximate surface area is 182 Å². The number of para-hydroxylation sites is 1. The monoisotopic (exact) mass is 430 g/mol. The van der Waals surface area contributed by atoms with Crippen LogP contribution in [0, 0.1) is 6.92 Å². The number of aromatic amines is 1. The van der Waals surface area contributed by atoms with Crippen LogP contribution in [0.2, 0.25) is 5.02 Å². The lowest BCUT2D eigenvalue weighted by Gasteiger charge is -2.21. The fourth-order valence-corrected chi connectivity index (χ4v) is 4.09. The number of nitrogens with zero attached hydrogens (tertiary/aromatic N) is 4. The number of hydrogen-bond donors (Lipinski definition) is 2. The van der Waals surface area contributed by atoms with Gasteiger partial charge in [-0.1, -0.05) is 41.9 Å². The highest BCUT2D eigenvalue weighted by molar-refractivity contribution is 6.35. The molecule has 0 aliphatic carbocycles. The highest BCUT2D eigenvalue weighted by Crippen LogP contribution is 2.28. The van der Waals surface area contributed by atoms with Crippen LogP contribution in [-0.2, 0) is 0 Å². The Morgan fingerprint density at radius 1 is 1.10 bits per heavy atom. The molecule has 0 saturated carbocycles. The van der Waals surface area contributed by atoms with Gasteiger partial charge >= 0.3 is 0 Å². The molecule has 2 aromatic carbocycles. The molecule has 0 spiro atoms. The van der Waals surface area contributed by atoms with Gasteiger partial charge in [-0.3, -0.25) is 9.36 Å². The number of benzene rings is 2. The predicted octanol–water partition coefficient (Wildman–Crippen LogP) is 4.79. The first-order valence-electron chi connectivity index (χ1n) is 9.86. The zero-order valence-electron chi connectivity index (χ0n) is 16.9. The van der Waals surface area contributed by atoms with E-state index in [0.717, 1.165) is 22.6 Å². The number of rotatable bonds is 4. The molecule has 154 valence electrons. The Morgan fingerprint density at radius 3 is 2.71 bits per heavy atom. The second kappa shape index (κ2) is 7.52. The predicted molar refractivity (Wildman–Crippen MR) is 123 cm³/mol. The van der Waals surface area contributed by atoms with Crippen molar-refractivity contribution < 1.29 is 0 Å². The average molecular weight is 431 g/mol. The fourth-order valence-electron chi connectivity index (χ4n) is 3.83. The van der Waals surface area contributed by atoms with Crippen LogP contribution < -0.4 is 10.9 Å². The molecule has 0 radical (unpaired) electrons. The Balaban J connectivity index is 1.70. The summed E-state index contributed by atoms with van der Waals surface area (Å²) in [4.78, 5) is 29.8. The van der Waals surface area contributed by atoms with Crippen molar-refractivity contribution in [3.8, 4) is 5.69 Å². The minimum atomic E-state index is -0.258. The van der Waals surface area contributed by atoms with E-state index in [4.69, 9.17) is 11.6 Å². The number of aryl methyl sites for hydroxylation is 1. The van der Waals surface area contributed by atoms with Crippen LogP contribution in [0.25, 0.3) is 27.6 Å². The molecule has 5 aromatic rings. The molecule has 0 aliphatic rings. The summed E-state index contributed by atoms with van der Waals surface area (Å²) in [5.74, 6) is 1.35. The molecule has 1 atom stereocenters. The Morgan fingerprint density at radius 2 is 1.90 bits per heavy atom. The molecule has 3 heterocycles. The van der Waals surface area contributed by atoms with Crippen molar-refractivity contribution in [2.75, 3.05) is 5.32 Å². The summed E-state index contributed by atoms with van der Waals surface area (Å²) in [5, 5.41) is 5.12. The molecule has 31 heavy (non-hydrogen) atoms. The Hall–Kier alpha value is -3.71. The second-order valence-electron chi connectivity index (χ2n) is 7.36. The summed E-state index contributed by atoms with van der Waals surface area (Å²) < 4.78 is 1.69. The number of imidazole rings is 1. The topological polar surface area (TPSA) is 88.5 Å². The SMILES string of the molecule is Cc1nc2c(N[C@@H](C)c3cc4cccc(Cl)c4c(=O)n3-c3ccccc3)ncnc2[nH]1. The van der Waals surface area contributed by atoms with Gasteiger partial charge in [-0.15, -0.1) is 0 Å². The van der Waals surface area contributed by atoms with E-state index in [9.17, 15) is 4.79 Å². The molecule has 0 fully saturated rings. The fraction of sp³-hybridized carbons (Fsp3) is 0.130. The van der Waals surface area contributed by atoms with Gasteiger partial charge in [0.1, 0.15) is 12.2 Å². The normalized spacial score (nSPS) is 12.4. The molecular weight excluding hydrogens is 412 g/mol. The van der Waals surface area contributed by atoms with Gasteiger partial charge in [0, 0.05) is 11.4 Å². The van der Waals surface area contributed by atoms with Gasteiger partial charge in [-0.05, 0) is 43.5 Å². The molecular formula is C23H19ClN6O. The molecule has 5 rings (SSSR count). The highest BCUT2D eigenvalue weighted by Gasteiger charge is 2.19. The van der Waals surface area contributed by atoms with Crippen LogP contribution >= 0.6 is 11.6 Å². The third-order valence-electron chi connectivity index (χ3n) is 5.24. The number of hydrogen-bond acceptors (Lipinski definition) is 5. The maximum atomic E-state index is 13.6. The largest absolute Gasteiger partial charge is 0.360 e. The molecule has 2 N–H and O–H groups in total. The van der Waals surface area contributed by atoms with Crippen LogP contribution in [0.4, 0.5) is 5.82 Å². The second-order valence-corrected chi connectivity index (χ2v) is 7.76. The average Bonchev–Trinajstić information content (AvgIpc) is 3.15. The van der Waals surface area contributed by atoms with Gasteiger partial charge in [0.25, 0.3) is 5.56 Å². The van der Waals surface area contributed by atoms with Crippen LogP contribution in [-0.4, -0.2) is 24.5 Å². The number of nitrogens with one attached hydrogen (secondary N) is 2. The number of halogens is 1. The van der Waals surface area contributed by atoms with Crippen molar-refractivity contribution in [2.45, 2.75) is 19.9 Å². The van der Waals surface area contributed by atoms with Crippen molar-refractivity contribution in [2.24, 2.45) is 0 Å². The summed E-state index contributed by atoms with van der Waals surface area (Å²) in [6, 6.07) is 16.7. The van der Waals surface area contributed by atoms with Crippen LogP contribution in [0.15, 0.2) is 65.7 Å². The Kier molecular flexibility index (Phi) is 4.67. The van der Waals surface area contributed by atoms with Gasteiger partial charge < -0.3 is 10.3 Å². The minimum Gasteiger partial charge on any atom is -0.360 e. The number of anilines is 1. The molecule has 0 aliphatic heterocycles. The van der Waals surface area contributed by atoms with E-state index in [1.54, 1.807) is 10.6 Å². The van der Waals surface area contributed by atoms with Crippen molar-refractivity contribution in [1.29, 1.82) is 0 Å². The maximum absolute atomic E-state index is 13.6. The molecule has 0 bridgehead atoms. The Bertz CT molecular complexity index is 1470. The van der Waals surface area contributed by atoms with Crippen molar-refractivity contribution in [1.82, 2.24) is 24.5 Å². The van der Waals surface area contributed by atoms with E-state index in [2.05, 4.69) is 25.3 Å². The molecule has 0 unspecified atom stereocenters. The van der Waals surface area contributed by atoms with Crippen molar-refractivity contribution >= 4 is 39.4 Å². The smallest absolute Gasteiger partial charge is 0.264 e. The first kappa shape index (κ1) is 19.3. The van der Waals surface area contributed by atoms with Gasteiger partial charge in [0.05, 0.1) is 16.5 Å². The van der Waals surface area contributed by atoms with E-state index >= 15 is 0 Å². The number of pyridine rings is 1. The summed E-state index contributed by atoms with van der Waals surface area (Å²) in [6.07, 6.45) is 1.49. The van der Waals surface area contributed by atoms with Crippen molar-refractivity contribution in [3.05, 3.63) is 87.8 Å². The van der Waals surface area contributed by atoms with E-state index in [-0.39, 0.29) is 11.6 Å². The summed E-state index contributed by atoms with van der Waals surface area (Å²) in [7, 11) is 0. The van der Waals surface area contributed by atoms with E-state index < -0.39 is 0 Å². The van der Waals surface area contributed by atoms with Crippen LogP contribution in [0.3, 0.4) is 0 Å². The van der Waals surface area contributed by atoms with E-state index in [1.165, 1.54) is 6.33 Å². The number of aromatic nitrogens is 5. The van der Waals surface area contributed by atoms with Gasteiger partial charge in [-0.2, -0.15) is 0 Å². The standard InChI is InChI=1S/C23H19ClN6O/c1-13(27-21-20-22(26-12-25-21)29-14(2)28-20)18-11-15-7-6-10-17(24)19(15)23(31)30(18)16-8-4-3-5-9-16/h3-13H,1-2H3,(H2,25,26,27,28,29)/t13-/m0/s1. The van der Waals surface area contributed by atoms with Gasteiger partial charge in [0.2, 0.25) is 0 Å². The molecule has 0 amide bonds. The van der Waals surface area contributed by atoms with E-state index in [0.29, 0.717) is 27.4 Å². The first-order valence-corrected chi connectivity index (χ1v) is 10.2.